The second-order valence-electron chi connectivity index (χ2n) is 4.76. The van der Waals surface area contributed by atoms with Crippen LogP contribution in [0.4, 0.5) is 0 Å². The van der Waals surface area contributed by atoms with Gasteiger partial charge in [-0.05, 0) is 12.5 Å². The van der Waals surface area contributed by atoms with Crippen molar-refractivity contribution in [3.8, 4) is 0 Å². The van der Waals surface area contributed by atoms with E-state index in [9.17, 15) is 9.59 Å². The molecule has 0 fully saturated rings. The van der Waals surface area contributed by atoms with E-state index in [1.165, 1.54) is 6.08 Å². The van der Waals surface area contributed by atoms with E-state index in [0.717, 1.165) is 30.8 Å². The van der Waals surface area contributed by atoms with Gasteiger partial charge in [-0.2, -0.15) is 0 Å². The Morgan fingerprint density at radius 2 is 2.37 bits per heavy atom. The van der Waals surface area contributed by atoms with Crippen LogP contribution in [-0.4, -0.2) is 27.3 Å². The van der Waals surface area contributed by atoms with Crippen LogP contribution in [0, 0.1) is 0 Å². The smallest absolute Gasteiger partial charge is 0.256 e. The predicted octanol–water partition coefficient (Wildman–Crippen LogP) is 1.18. The van der Waals surface area contributed by atoms with Crippen LogP contribution in [0.3, 0.4) is 0 Å². The lowest BCUT2D eigenvalue weighted by Gasteiger charge is -2.26. The summed E-state index contributed by atoms with van der Waals surface area (Å²) in [7, 11) is 0. The molecule has 1 N–H and O–H groups in total. The highest BCUT2D eigenvalue weighted by atomic mass is 16.2. The maximum atomic E-state index is 12.0. The first-order chi connectivity index (χ1) is 9.15. The summed E-state index contributed by atoms with van der Waals surface area (Å²) in [6.45, 7) is 6.50. The normalized spacial score (nSPS) is 14.1. The number of rotatable bonds is 4. The highest BCUT2D eigenvalue weighted by Crippen LogP contribution is 2.14. The van der Waals surface area contributed by atoms with Crippen LogP contribution in [0.1, 0.15) is 36.8 Å². The van der Waals surface area contributed by atoms with Crippen LogP contribution in [-0.2, 0) is 24.2 Å². The lowest BCUT2D eigenvalue weighted by atomic mass is 10.1. The molecule has 0 aliphatic carbocycles. The Labute approximate surface area is 112 Å². The topological polar surface area (TPSA) is 66.1 Å². The summed E-state index contributed by atoms with van der Waals surface area (Å²) in [5, 5.41) is 0. The molecule has 2 heterocycles. The molecule has 0 aromatic carbocycles. The number of carbonyl (C=O) groups is 1. The number of unbranched alkanes of at least 4 members (excludes halogenated alkanes) is 1. The number of hydrogen-bond acceptors (Lipinski definition) is 3. The third-order valence-corrected chi connectivity index (χ3v) is 3.37. The van der Waals surface area contributed by atoms with Crippen molar-refractivity contribution in [2.45, 2.75) is 39.2 Å². The number of nitrogens with zero attached hydrogens (tertiary/aromatic N) is 2. The molecule has 1 aromatic heterocycles. The lowest BCUT2D eigenvalue weighted by molar-refractivity contribution is -0.126. The fraction of sp³-hybridized carbons (Fsp3) is 0.500. The van der Waals surface area contributed by atoms with Gasteiger partial charge in [-0.25, -0.2) is 4.98 Å². The van der Waals surface area contributed by atoms with Crippen molar-refractivity contribution < 1.29 is 4.79 Å². The number of nitrogens with one attached hydrogen (secondary N) is 1. The van der Waals surface area contributed by atoms with Gasteiger partial charge < -0.3 is 9.88 Å². The minimum Gasteiger partial charge on any atom is -0.334 e. The van der Waals surface area contributed by atoms with Crippen LogP contribution in [0.5, 0.6) is 0 Å². The Bertz CT molecular complexity index is 548. The Balaban J connectivity index is 2.24. The average molecular weight is 261 g/mol. The molecule has 102 valence electrons. The number of aryl methyl sites for hydroxylation is 1. The molecule has 0 atom stereocenters. The summed E-state index contributed by atoms with van der Waals surface area (Å²) in [4.78, 5) is 32.6. The zero-order valence-electron chi connectivity index (χ0n) is 11.2. The lowest BCUT2D eigenvalue weighted by Crippen LogP contribution is -2.39. The van der Waals surface area contributed by atoms with Crippen molar-refractivity contribution >= 4 is 5.91 Å². The largest absolute Gasteiger partial charge is 0.334 e. The average Bonchev–Trinajstić information content (AvgIpc) is 2.44. The van der Waals surface area contributed by atoms with E-state index in [4.69, 9.17) is 0 Å². The first kappa shape index (κ1) is 13.5. The predicted molar refractivity (Wildman–Crippen MR) is 72.8 cm³/mol. The molecule has 5 nitrogen and oxygen atoms in total. The molecule has 0 radical (unpaired) electrons. The Morgan fingerprint density at radius 1 is 1.58 bits per heavy atom. The van der Waals surface area contributed by atoms with Crippen molar-refractivity contribution in [2.75, 3.05) is 6.54 Å². The number of amides is 1. The molecular weight excluding hydrogens is 242 g/mol. The fourth-order valence-electron chi connectivity index (χ4n) is 2.26. The van der Waals surface area contributed by atoms with Crippen molar-refractivity contribution in [3.63, 3.8) is 0 Å². The highest BCUT2D eigenvalue weighted by Gasteiger charge is 2.22. The molecule has 0 unspecified atom stereocenters. The number of hydrogen-bond donors (Lipinski definition) is 1. The summed E-state index contributed by atoms with van der Waals surface area (Å²) < 4.78 is 0. The first-order valence-electron chi connectivity index (χ1n) is 6.68. The van der Waals surface area contributed by atoms with E-state index < -0.39 is 0 Å². The van der Waals surface area contributed by atoms with Gasteiger partial charge in [0, 0.05) is 19.4 Å². The van der Waals surface area contributed by atoms with Gasteiger partial charge in [0.05, 0.1) is 17.8 Å². The molecule has 1 amide bonds. The van der Waals surface area contributed by atoms with Gasteiger partial charge in [-0.3, -0.25) is 9.59 Å². The number of fused-ring (bicyclic) bond motifs is 1. The Kier molecular flexibility index (Phi) is 4.14. The third kappa shape index (κ3) is 2.92. The minimum atomic E-state index is -0.139. The monoisotopic (exact) mass is 261 g/mol. The molecule has 19 heavy (non-hydrogen) atoms. The quantitative estimate of drug-likeness (QED) is 0.828. The summed E-state index contributed by atoms with van der Waals surface area (Å²) in [5.74, 6) is 0.620. The highest BCUT2D eigenvalue weighted by molar-refractivity contribution is 5.87. The van der Waals surface area contributed by atoms with Crippen LogP contribution in [0.25, 0.3) is 0 Å². The van der Waals surface area contributed by atoms with E-state index in [1.807, 2.05) is 0 Å². The molecule has 1 aliphatic rings. The van der Waals surface area contributed by atoms with Crippen molar-refractivity contribution in [2.24, 2.45) is 0 Å². The first-order valence-corrected chi connectivity index (χ1v) is 6.68. The fourth-order valence-corrected chi connectivity index (χ4v) is 2.26. The molecular formula is C14H19N3O2. The zero-order chi connectivity index (χ0) is 13.8. The second-order valence-corrected chi connectivity index (χ2v) is 4.76. The molecule has 5 heteroatoms. The molecule has 0 saturated heterocycles. The van der Waals surface area contributed by atoms with Crippen molar-refractivity contribution in [1.82, 2.24) is 14.9 Å². The second kappa shape index (κ2) is 5.82. The Morgan fingerprint density at radius 3 is 3.05 bits per heavy atom. The van der Waals surface area contributed by atoms with Gasteiger partial charge in [-0.1, -0.05) is 19.9 Å². The van der Waals surface area contributed by atoms with Gasteiger partial charge in [0.1, 0.15) is 5.82 Å². The number of aromatic nitrogens is 2. The van der Waals surface area contributed by atoms with Gasteiger partial charge in [0.15, 0.2) is 0 Å². The standard InChI is InChI=1S/C14H19N3O2/c1-3-5-6-12-15-11-7-8-17(13(18)4-2)9-10(11)14(19)16-12/h4H,2-3,5-9H2,1H3,(H,15,16,19). The van der Waals surface area contributed by atoms with E-state index in [-0.39, 0.29) is 11.5 Å². The van der Waals surface area contributed by atoms with E-state index in [2.05, 4.69) is 23.5 Å². The van der Waals surface area contributed by atoms with Gasteiger partial charge in [0.25, 0.3) is 5.56 Å². The number of aromatic amines is 1. The summed E-state index contributed by atoms with van der Waals surface area (Å²) in [6.07, 6.45) is 4.81. The van der Waals surface area contributed by atoms with E-state index in [1.54, 1.807) is 4.90 Å². The SMILES string of the molecule is C=CC(=O)N1CCc2nc(CCCC)[nH]c(=O)c2C1. The van der Waals surface area contributed by atoms with Gasteiger partial charge >= 0.3 is 0 Å². The van der Waals surface area contributed by atoms with Crippen molar-refractivity contribution in [3.05, 3.63) is 40.1 Å². The number of H-pyrrole nitrogens is 1. The molecule has 0 spiro atoms. The van der Waals surface area contributed by atoms with Crippen LogP contribution >= 0.6 is 0 Å². The van der Waals surface area contributed by atoms with Crippen LogP contribution in [0.2, 0.25) is 0 Å². The van der Waals surface area contributed by atoms with E-state index >= 15 is 0 Å². The summed E-state index contributed by atoms with van der Waals surface area (Å²) in [6, 6.07) is 0. The number of carbonyl (C=O) groups excluding carboxylic acids is 1. The van der Waals surface area contributed by atoms with Crippen LogP contribution < -0.4 is 5.56 Å². The summed E-state index contributed by atoms with van der Waals surface area (Å²) >= 11 is 0. The molecule has 1 aliphatic heterocycles. The zero-order valence-corrected chi connectivity index (χ0v) is 11.2. The molecule has 0 bridgehead atoms. The summed E-state index contributed by atoms with van der Waals surface area (Å²) in [5.41, 5.74) is 1.34. The van der Waals surface area contributed by atoms with Crippen molar-refractivity contribution in [1.29, 1.82) is 0 Å². The molecule has 1 aromatic rings. The van der Waals surface area contributed by atoms with Crippen LogP contribution in [0.15, 0.2) is 17.4 Å². The molecule has 0 saturated carbocycles. The maximum Gasteiger partial charge on any atom is 0.256 e. The van der Waals surface area contributed by atoms with Gasteiger partial charge in [-0.15, -0.1) is 0 Å². The molecule has 2 rings (SSSR count). The maximum absolute atomic E-state index is 12.0. The van der Waals surface area contributed by atoms with E-state index in [0.29, 0.717) is 25.1 Å². The van der Waals surface area contributed by atoms with Gasteiger partial charge in [0.2, 0.25) is 5.91 Å². The Hall–Kier alpha value is -1.91. The minimum absolute atomic E-state index is 0.113. The third-order valence-electron chi connectivity index (χ3n) is 3.37.